The van der Waals surface area contributed by atoms with Crippen LogP contribution in [0.25, 0.3) is 0 Å². The number of aliphatic hydroxyl groups excluding tert-OH is 1. The highest BCUT2D eigenvalue weighted by atomic mass is 35.5. The number of pyridine rings is 1. The Bertz CT molecular complexity index is 324. The summed E-state index contributed by atoms with van der Waals surface area (Å²) in [6.07, 6.45) is 2.29. The monoisotopic (exact) mass is 212 g/mol. The molecule has 14 heavy (non-hydrogen) atoms. The Labute approximate surface area is 88.1 Å². The van der Waals surface area contributed by atoms with Gasteiger partial charge in [0.05, 0.1) is 23.0 Å². The molecule has 0 saturated carbocycles. The third kappa shape index (κ3) is 1.90. The van der Waals surface area contributed by atoms with Gasteiger partial charge >= 0.3 is 0 Å². The third-order valence-corrected chi connectivity index (χ3v) is 2.85. The quantitative estimate of drug-likeness (QED) is 0.784. The van der Waals surface area contributed by atoms with Crippen molar-refractivity contribution in [2.75, 3.05) is 6.54 Å². The van der Waals surface area contributed by atoms with E-state index in [1.807, 2.05) is 6.07 Å². The molecule has 1 saturated heterocycles. The smallest absolute Gasteiger partial charge is 0.0868 e. The van der Waals surface area contributed by atoms with E-state index in [1.54, 1.807) is 6.07 Å². The van der Waals surface area contributed by atoms with E-state index in [0.29, 0.717) is 16.8 Å². The molecule has 4 heteroatoms. The third-order valence-electron chi connectivity index (χ3n) is 2.51. The first kappa shape index (κ1) is 9.90. The zero-order valence-corrected chi connectivity index (χ0v) is 8.59. The van der Waals surface area contributed by atoms with Crippen LogP contribution in [0.1, 0.15) is 30.3 Å². The molecule has 76 valence electrons. The molecule has 0 aliphatic carbocycles. The topological polar surface area (TPSA) is 45.2 Å². The first-order valence-corrected chi connectivity index (χ1v) is 5.18. The molecule has 0 aromatic carbocycles. The number of nitrogens with one attached hydrogen (secondary N) is 1. The maximum absolute atomic E-state index is 9.02. The summed E-state index contributed by atoms with van der Waals surface area (Å²) in [4.78, 5) is 4.33. The van der Waals surface area contributed by atoms with Gasteiger partial charge in [-0.25, -0.2) is 0 Å². The summed E-state index contributed by atoms with van der Waals surface area (Å²) in [7, 11) is 0. The molecule has 0 bridgehead atoms. The Hall–Kier alpha value is -0.640. The van der Waals surface area contributed by atoms with Crippen LogP contribution in [0.15, 0.2) is 12.1 Å². The molecule has 1 atom stereocenters. The number of aromatic nitrogens is 1. The Morgan fingerprint density at radius 2 is 2.43 bits per heavy atom. The predicted molar refractivity (Wildman–Crippen MR) is 55.1 cm³/mol. The minimum absolute atomic E-state index is 0.0978. The Balaban J connectivity index is 2.25. The number of aliphatic hydroxyl groups is 1. The SMILES string of the molecule is OCc1nc([C@H]2CCCN2)ccc1Cl. The molecular weight excluding hydrogens is 200 g/mol. The minimum atomic E-state index is -0.0978. The predicted octanol–water partition coefficient (Wildman–Crippen LogP) is 1.65. The highest BCUT2D eigenvalue weighted by molar-refractivity contribution is 6.31. The van der Waals surface area contributed by atoms with Crippen molar-refractivity contribution in [2.24, 2.45) is 0 Å². The van der Waals surface area contributed by atoms with Gasteiger partial charge in [0.25, 0.3) is 0 Å². The fourth-order valence-corrected chi connectivity index (χ4v) is 1.91. The van der Waals surface area contributed by atoms with E-state index < -0.39 is 0 Å². The molecule has 3 nitrogen and oxygen atoms in total. The molecule has 1 aromatic rings. The fraction of sp³-hybridized carbons (Fsp3) is 0.500. The molecule has 1 fully saturated rings. The first-order valence-electron chi connectivity index (χ1n) is 4.81. The molecule has 1 aliphatic heterocycles. The summed E-state index contributed by atoms with van der Waals surface area (Å²) in [6.45, 7) is 0.947. The van der Waals surface area contributed by atoms with Crippen molar-refractivity contribution in [2.45, 2.75) is 25.5 Å². The van der Waals surface area contributed by atoms with Crippen molar-refractivity contribution >= 4 is 11.6 Å². The lowest BCUT2D eigenvalue weighted by molar-refractivity contribution is 0.276. The van der Waals surface area contributed by atoms with E-state index in [1.165, 1.54) is 6.42 Å². The van der Waals surface area contributed by atoms with Gasteiger partial charge in [0.2, 0.25) is 0 Å². The van der Waals surface area contributed by atoms with Crippen molar-refractivity contribution < 1.29 is 5.11 Å². The van der Waals surface area contributed by atoms with Crippen molar-refractivity contribution in [3.05, 3.63) is 28.5 Å². The second kappa shape index (κ2) is 4.26. The fourth-order valence-electron chi connectivity index (χ4n) is 1.74. The highest BCUT2D eigenvalue weighted by Crippen LogP contribution is 2.23. The average Bonchev–Trinajstić information content (AvgIpc) is 2.71. The van der Waals surface area contributed by atoms with Gasteiger partial charge in [-0.05, 0) is 31.5 Å². The van der Waals surface area contributed by atoms with Crippen LogP contribution in [0.5, 0.6) is 0 Å². The summed E-state index contributed by atoms with van der Waals surface area (Å²) in [5, 5.41) is 12.9. The van der Waals surface area contributed by atoms with Crippen LogP contribution < -0.4 is 5.32 Å². The van der Waals surface area contributed by atoms with Gasteiger partial charge < -0.3 is 10.4 Å². The van der Waals surface area contributed by atoms with E-state index in [4.69, 9.17) is 16.7 Å². The molecule has 1 aromatic heterocycles. The number of rotatable bonds is 2. The van der Waals surface area contributed by atoms with Crippen molar-refractivity contribution in [1.29, 1.82) is 0 Å². The Morgan fingerprint density at radius 1 is 1.57 bits per heavy atom. The second-order valence-electron chi connectivity index (χ2n) is 3.47. The summed E-state index contributed by atoms with van der Waals surface area (Å²) in [5.74, 6) is 0. The van der Waals surface area contributed by atoms with Crippen LogP contribution in [-0.4, -0.2) is 16.6 Å². The normalized spacial score (nSPS) is 21.4. The lowest BCUT2D eigenvalue weighted by atomic mass is 10.1. The zero-order chi connectivity index (χ0) is 9.97. The number of halogens is 1. The van der Waals surface area contributed by atoms with E-state index in [-0.39, 0.29) is 6.61 Å². The van der Waals surface area contributed by atoms with Gasteiger partial charge in [0, 0.05) is 6.04 Å². The molecule has 0 amide bonds. The molecular formula is C10H13ClN2O. The van der Waals surface area contributed by atoms with Crippen LogP contribution >= 0.6 is 11.6 Å². The number of nitrogens with zero attached hydrogens (tertiary/aromatic N) is 1. The largest absolute Gasteiger partial charge is 0.390 e. The second-order valence-corrected chi connectivity index (χ2v) is 3.88. The van der Waals surface area contributed by atoms with E-state index in [2.05, 4.69) is 10.3 Å². The van der Waals surface area contributed by atoms with Crippen LogP contribution in [0.3, 0.4) is 0 Å². The van der Waals surface area contributed by atoms with E-state index >= 15 is 0 Å². The van der Waals surface area contributed by atoms with Crippen LogP contribution in [0.4, 0.5) is 0 Å². The first-order chi connectivity index (χ1) is 6.81. The zero-order valence-electron chi connectivity index (χ0n) is 7.83. The number of hydrogen-bond donors (Lipinski definition) is 2. The van der Waals surface area contributed by atoms with Crippen LogP contribution in [0.2, 0.25) is 5.02 Å². The van der Waals surface area contributed by atoms with E-state index in [0.717, 1.165) is 18.7 Å². The van der Waals surface area contributed by atoms with Gasteiger partial charge in [-0.3, -0.25) is 4.98 Å². The summed E-state index contributed by atoms with van der Waals surface area (Å²) in [6, 6.07) is 4.05. The van der Waals surface area contributed by atoms with Crippen LogP contribution in [-0.2, 0) is 6.61 Å². The molecule has 1 aliphatic rings. The summed E-state index contributed by atoms with van der Waals surface area (Å²) in [5.41, 5.74) is 1.55. The number of hydrogen-bond acceptors (Lipinski definition) is 3. The summed E-state index contributed by atoms with van der Waals surface area (Å²) < 4.78 is 0. The average molecular weight is 213 g/mol. The Kier molecular flexibility index (Phi) is 3.01. The van der Waals surface area contributed by atoms with Crippen LogP contribution in [0, 0.1) is 0 Å². The molecule has 0 radical (unpaired) electrons. The maximum Gasteiger partial charge on any atom is 0.0868 e. The molecule has 2 heterocycles. The Morgan fingerprint density at radius 3 is 3.07 bits per heavy atom. The van der Waals surface area contributed by atoms with Crippen molar-refractivity contribution in [3.63, 3.8) is 0 Å². The van der Waals surface area contributed by atoms with Gasteiger partial charge in [-0.1, -0.05) is 11.6 Å². The molecule has 2 rings (SSSR count). The van der Waals surface area contributed by atoms with Gasteiger partial charge in [-0.2, -0.15) is 0 Å². The van der Waals surface area contributed by atoms with Gasteiger partial charge in [0.1, 0.15) is 0 Å². The molecule has 2 N–H and O–H groups in total. The van der Waals surface area contributed by atoms with Gasteiger partial charge in [-0.15, -0.1) is 0 Å². The lowest BCUT2D eigenvalue weighted by Gasteiger charge is -2.11. The van der Waals surface area contributed by atoms with Crippen molar-refractivity contribution in [1.82, 2.24) is 10.3 Å². The van der Waals surface area contributed by atoms with Crippen molar-refractivity contribution in [3.8, 4) is 0 Å². The maximum atomic E-state index is 9.02. The lowest BCUT2D eigenvalue weighted by Crippen LogP contribution is -2.14. The standard InChI is InChI=1S/C10H13ClN2O/c11-7-3-4-9(13-10(7)6-14)8-2-1-5-12-8/h3-4,8,12,14H,1-2,5-6H2/t8-/m1/s1. The molecule has 0 spiro atoms. The van der Waals surface area contributed by atoms with Gasteiger partial charge in [0.15, 0.2) is 0 Å². The minimum Gasteiger partial charge on any atom is -0.390 e. The molecule has 0 unspecified atom stereocenters. The summed E-state index contributed by atoms with van der Waals surface area (Å²) >= 11 is 5.86. The highest BCUT2D eigenvalue weighted by Gasteiger charge is 2.18. The van der Waals surface area contributed by atoms with E-state index in [9.17, 15) is 0 Å².